The minimum Gasteiger partial charge on any atom is -0.478 e. The summed E-state index contributed by atoms with van der Waals surface area (Å²) >= 11 is 0. The molecule has 0 aromatic heterocycles. The van der Waals surface area contributed by atoms with E-state index < -0.39 is 22.2 Å². The molecular weight excluding hydrogens is 385 g/mol. The Morgan fingerprint density at radius 3 is 2.26 bits per heavy atom. The summed E-state index contributed by atoms with van der Waals surface area (Å²) in [6, 6.07) is 9.48. The molecule has 0 radical (unpaired) electrons. The van der Waals surface area contributed by atoms with Gasteiger partial charge in [0.05, 0.1) is 10.6 Å². The lowest BCUT2D eigenvalue weighted by Crippen LogP contribution is -2.16. The fourth-order valence-corrected chi connectivity index (χ4v) is 4.22. The molecule has 0 aliphatic carbocycles. The van der Waals surface area contributed by atoms with Crippen molar-refractivity contribution in [2.24, 2.45) is 0 Å². The van der Waals surface area contributed by atoms with Gasteiger partial charge in [0.25, 0.3) is 0 Å². The Balaban J connectivity index is 2.02. The standard InChI is InChI=1S/C18H13F3O5S/c19-18(20,21)26-15-4-1-11(2-5-15)12-3-6-16-14(9-12)10-13(17(22)23)7-8-27(16,24)25/h1-6,9-10H,7-8H2,(H,22,23). The molecule has 1 aliphatic heterocycles. The number of carbonyl (C=O) groups is 1. The molecule has 9 heteroatoms. The van der Waals surface area contributed by atoms with Crippen molar-refractivity contribution in [2.45, 2.75) is 17.7 Å². The number of benzene rings is 2. The van der Waals surface area contributed by atoms with Crippen molar-refractivity contribution in [3.63, 3.8) is 0 Å². The van der Waals surface area contributed by atoms with Gasteiger partial charge in [0.2, 0.25) is 0 Å². The van der Waals surface area contributed by atoms with E-state index in [1.54, 1.807) is 0 Å². The van der Waals surface area contributed by atoms with E-state index in [9.17, 15) is 31.5 Å². The molecule has 1 heterocycles. The van der Waals surface area contributed by atoms with Crippen LogP contribution in [-0.4, -0.2) is 31.6 Å². The fourth-order valence-electron chi connectivity index (χ4n) is 2.76. The third kappa shape index (κ3) is 4.30. The number of halogens is 3. The molecule has 2 aromatic rings. The first kappa shape index (κ1) is 19.0. The van der Waals surface area contributed by atoms with Crippen LogP contribution >= 0.6 is 0 Å². The lowest BCUT2D eigenvalue weighted by atomic mass is 10.0. The molecule has 1 N–H and O–H groups in total. The van der Waals surface area contributed by atoms with Gasteiger partial charge in [-0.3, -0.25) is 0 Å². The number of rotatable bonds is 3. The Morgan fingerprint density at radius 1 is 1.04 bits per heavy atom. The van der Waals surface area contributed by atoms with Crippen molar-refractivity contribution in [1.82, 2.24) is 0 Å². The van der Waals surface area contributed by atoms with Gasteiger partial charge in [0.1, 0.15) is 5.75 Å². The summed E-state index contributed by atoms with van der Waals surface area (Å²) < 4.78 is 65.2. The van der Waals surface area contributed by atoms with E-state index in [2.05, 4.69) is 4.74 Å². The number of sulfone groups is 1. The monoisotopic (exact) mass is 398 g/mol. The summed E-state index contributed by atoms with van der Waals surface area (Å²) in [4.78, 5) is 11.3. The number of carboxylic acids is 1. The molecule has 3 rings (SSSR count). The zero-order valence-corrected chi connectivity index (χ0v) is 14.5. The molecule has 0 unspecified atom stereocenters. The van der Waals surface area contributed by atoms with Crippen LogP contribution in [0.4, 0.5) is 13.2 Å². The molecule has 0 atom stereocenters. The molecule has 27 heavy (non-hydrogen) atoms. The van der Waals surface area contributed by atoms with Gasteiger partial charge in [-0.25, -0.2) is 13.2 Å². The number of ether oxygens (including phenoxy) is 1. The summed E-state index contributed by atoms with van der Waals surface area (Å²) in [7, 11) is -3.63. The van der Waals surface area contributed by atoms with E-state index >= 15 is 0 Å². The molecule has 0 bridgehead atoms. The summed E-state index contributed by atoms with van der Waals surface area (Å²) in [5, 5.41) is 9.20. The maximum absolute atomic E-state index is 12.3. The van der Waals surface area contributed by atoms with E-state index in [0.717, 1.165) is 12.1 Å². The van der Waals surface area contributed by atoms with Gasteiger partial charge in [-0.2, -0.15) is 0 Å². The van der Waals surface area contributed by atoms with Crippen molar-refractivity contribution in [2.75, 3.05) is 5.75 Å². The number of hydrogen-bond acceptors (Lipinski definition) is 4. The molecule has 142 valence electrons. The average Bonchev–Trinajstić information content (AvgIpc) is 2.70. The smallest absolute Gasteiger partial charge is 0.478 e. The van der Waals surface area contributed by atoms with Gasteiger partial charge in [0, 0.05) is 5.57 Å². The summed E-state index contributed by atoms with van der Waals surface area (Å²) in [5.41, 5.74) is 1.27. The van der Waals surface area contributed by atoms with Gasteiger partial charge in [-0.15, -0.1) is 13.2 Å². The van der Waals surface area contributed by atoms with Crippen LogP contribution in [-0.2, 0) is 14.6 Å². The number of alkyl halides is 3. The van der Waals surface area contributed by atoms with Gasteiger partial charge >= 0.3 is 12.3 Å². The summed E-state index contributed by atoms with van der Waals surface area (Å²) in [6.07, 6.45) is -3.59. The predicted octanol–water partition coefficient (Wildman–Crippen LogP) is 3.90. The zero-order valence-electron chi connectivity index (χ0n) is 13.7. The second kappa shape index (κ2) is 6.73. The maximum atomic E-state index is 12.3. The lowest BCUT2D eigenvalue weighted by Gasteiger charge is -2.11. The highest BCUT2D eigenvalue weighted by atomic mass is 32.2. The number of carboxylic acid groups (broad SMARTS) is 1. The van der Waals surface area contributed by atoms with E-state index in [4.69, 9.17) is 0 Å². The normalized spacial score (nSPS) is 16.0. The van der Waals surface area contributed by atoms with Crippen molar-refractivity contribution >= 4 is 21.9 Å². The van der Waals surface area contributed by atoms with E-state index in [0.29, 0.717) is 11.1 Å². The zero-order chi connectivity index (χ0) is 19.8. The molecule has 5 nitrogen and oxygen atoms in total. The SMILES string of the molecule is O=C(O)C1=Cc2cc(-c3ccc(OC(F)(F)F)cc3)ccc2S(=O)(=O)CC1. The quantitative estimate of drug-likeness (QED) is 0.848. The summed E-state index contributed by atoms with van der Waals surface area (Å²) in [6.45, 7) is 0. The summed E-state index contributed by atoms with van der Waals surface area (Å²) in [5.74, 6) is -1.88. The van der Waals surface area contributed by atoms with Crippen LogP contribution in [0.5, 0.6) is 5.75 Å². The fraction of sp³-hybridized carbons (Fsp3) is 0.167. The minimum atomic E-state index is -4.79. The van der Waals surface area contributed by atoms with E-state index in [-0.39, 0.29) is 34.0 Å². The second-order valence-electron chi connectivity index (χ2n) is 5.87. The van der Waals surface area contributed by atoms with Crippen LogP contribution in [0.3, 0.4) is 0 Å². The van der Waals surface area contributed by atoms with Gasteiger partial charge in [-0.1, -0.05) is 18.2 Å². The Morgan fingerprint density at radius 2 is 1.67 bits per heavy atom. The van der Waals surface area contributed by atoms with Crippen molar-refractivity contribution in [1.29, 1.82) is 0 Å². The van der Waals surface area contributed by atoms with E-state index in [1.807, 2.05) is 0 Å². The van der Waals surface area contributed by atoms with Gasteiger partial charge in [-0.05, 0) is 53.5 Å². The van der Waals surface area contributed by atoms with Gasteiger partial charge < -0.3 is 9.84 Å². The topological polar surface area (TPSA) is 80.7 Å². The highest BCUT2D eigenvalue weighted by Gasteiger charge is 2.31. The molecule has 0 saturated heterocycles. The number of hydrogen-bond donors (Lipinski definition) is 1. The first-order valence-electron chi connectivity index (χ1n) is 7.72. The van der Waals surface area contributed by atoms with Crippen LogP contribution in [0.25, 0.3) is 17.2 Å². The Labute approximate surface area is 152 Å². The van der Waals surface area contributed by atoms with Gasteiger partial charge in [0.15, 0.2) is 9.84 Å². The average molecular weight is 398 g/mol. The van der Waals surface area contributed by atoms with Crippen LogP contribution in [0.2, 0.25) is 0 Å². The molecule has 1 aliphatic rings. The molecule has 2 aromatic carbocycles. The number of aliphatic carboxylic acids is 1. The highest BCUT2D eigenvalue weighted by molar-refractivity contribution is 7.91. The Kier molecular flexibility index (Phi) is 4.73. The predicted molar refractivity (Wildman–Crippen MR) is 90.8 cm³/mol. The molecular formula is C18H13F3O5S. The first-order valence-corrected chi connectivity index (χ1v) is 9.37. The van der Waals surface area contributed by atoms with Crippen LogP contribution in [0, 0.1) is 0 Å². The highest BCUT2D eigenvalue weighted by Crippen LogP contribution is 2.32. The van der Waals surface area contributed by atoms with Crippen molar-refractivity contribution in [3.8, 4) is 16.9 Å². The second-order valence-corrected chi connectivity index (χ2v) is 7.95. The molecule has 0 spiro atoms. The van der Waals surface area contributed by atoms with Crippen molar-refractivity contribution < 1.29 is 36.2 Å². The Bertz CT molecular complexity index is 1020. The van der Waals surface area contributed by atoms with Crippen molar-refractivity contribution in [3.05, 3.63) is 53.6 Å². The number of fused-ring (bicyclic) bond motifs is 1. The van der Waals surface area contributed by atoms with E-state index in [1.165, 1.54) is 36.4 Å². The maximum Gasteiger partial charge on any atom is 0.573 e. The molecule has 0 saturated carbocycles. The molecule has 0 amide bonds. The first-order chi connectivity index (χ1) is 12.5. The minimum absolute atomic E-state index is 0.0246. The van der Waals surface area contributed by atoms with Crippen LogP contribution in [0.1, 0.15) is 12.0 Å². The molecule has 0 fully saturated rings. The third-order valence-corrected chi connectivity index (χ3v) is 5.79. The van der Waals surface area contributed by atoms with Crippen LogP contribution < -0.4 is 4.74 Å². The van der Waals surface area contributed by atoms with Crippen LogP contribution in [0.15, 0.2) is 52.9 Å². The third-order valence-electron chi connectivity index (χ3n) is 4.01. The largest absolute Gasteiger partial charge is 0.573 e. The lowest BCUT2D eigenvalue weighted by molar-refractivity contribution is -0.274. The Hall–Kier alpha value is -2.81.